The zero-order valence-electron chi connectivity index (χ0n) is 16.0. The summed E-state index contributed by atoms with van der Waals surface area (Å²) < 4.78 is 19.0. The second-order valence-electron chi connectivity index (χ2n) is 6.92. The van der Waals surface area contributed by atoms with E-state index in [1.165, 1.54) is 12.1 Å². The number of nitrogens with zero attached hydrogens (tertiary/aromatic N) is 2. The number of halogens is 1. The van der Waals surface area contributed by atoms with Crippen molar-refractivity contribution < 1.29 is 13.9 Å². The lowest BCUT2D eigenvalue weighted by molar-refractivity contribution is -0.140. The highest BCUT2D eigenvalue weighted by Gasteiger charge is 2.30. The second-order valence-corrected chi connectivity index (χ2v) is 6.92. The van der Waals surface area contributed by atoms with Crippen LogP contribution in [0.3, 0.4) is 0 Å². The Morgan fingerprint density at radius 3 is 2.59 bits per heavy atom. The van der Waals surface area contributed by atoms with Gasteiger partial charge in [0.05, 0.1) is 18.8 Å². The van der Waals surface area contributed by atoms with Gasteiger partial charge < -0.3 is 9.64 Å². The third-order valence-corrected chi connectivity index (χ3v) is 5.15. The first-order chi connectivity index (χ1) is 13.1. The van der Waals surface area contributed by atoms with E-state index in [2.05, 4.69) is 4.90 Å². The number of carbonyl (C=O) groups is 1. The summed E-state index contributed by atoms with van der Waals surface area (Å²) >= 11 is 0. The van der Waals surface area contributed by atoms with Crippen LogP contribution in [-0.2, 0) is 16.1 Å². The van der Waals surface area contributed by atoms with Crippen molar-refractivity contribution in [3.8, 4) is 0 Å². The maximum atomic E-state index is 13.2. The first kappa shape index (κ1) is 19.5. The Kier molecular flexibility index (Phi) is 6.58. The normalized spacial score (nSPS) is 18.9. The third-order valence-electron chi connectivity index (χ3n) is 5.15. The number of ether oxygens (including phenoxy) is 1. The molecule has 0 N–H and O–H groups in total. The molecule has 0 spiro atoms. The minimum absolute atomic E-state index is 0.126. The summed E-state index contributed by atoms with van der Waals surface area (Å²) in [5.41, 5.74) is 2.07. The minimum atomic E-state index is -0.255. The van der Waals surface area contributed by atoms with Gasteiger partial charge in [-0.05, 0) is 37.1 Å². The Labute approximate surface area is 160 Å². The Hall–Kier alpha value is -2.24. The van der Waals surface area contributed by atoms with Gasteiger partial charge in [0, 0.05) is 26.2 Å². The van der Waals surface area contributed by atoms with Gasteiger partial charge in [0.1, 0.15) is 5.82 Å². The number of morpholine rings is 1. The highest BCUT2D eigenvalue weighted by molar-refractivity contribution is 5.81. The van der Waals surface area contributed by atoms with Crippen LogP contribution in [0.15, 0.2) is 54.6 Å². The molecule has 1 amide bonds. The molecular formula is C22H27FN2O2. The molecule has 5 heteroatoms. The van der Waals surface area contributed by atoms with Gasteiger partial charge in [-0.25, -0.2) is 4.39 Å². The highest BCUT2D eigenvalue weighted by Crippen LogP contribution is 2.24. The van der Waals surface area contributed by atoms with Crippen molar-refractivity contribution in [2.45, 2.75) is 32.5 Å². The summed E-state index contributed by atoms with van der Waals surface area (Å²) in [4.78, 5) is 17.1. The van der Waals surface area contributed by atoms with Gasteiger partial charge in [0.25, 0.3) is 0 Å². The van der Waals surface area contributed by atoms with Crippen LogP contribution < -0.4 is 0 Å². The maximum Gasteiger partial charge on any atom is 0.239 e. The van der Waals surface area contributed by atoms with Gasteiger partial charge in [-0.1, -0.05) is 42.5 Å². The Morgan fingerprint density at radius 2 is 1.93 bits per heavy atom. The fourth-order valence-electron chi connectivity index (χ4n) is 3.47. The van der Waals surface area contributed by atoms with Gasteiger partial charge in [-0.2, -0.15) is 0 Å². The van der Waals surface area contributed by atoms with Gasteiger partial charge in [-0.3, -0.25) is 9.69 Å². The van der Waals surface area contributed by atoms with E-state index in [-0.39, 0.29) is 23.9 Å². The summed E-state index contributed by atoms with van der Waals surface area (Å²) in [7, 11) is 0. The summed E-state index contributed by atoms with van der Waals surface area (Å²) in [5, 5.41) is 0. The molecule has 0 bridgehead atoms. The van der Waals surface area contributed by atoms with Crippen LogP contribution in [0, 0.1) is 5.82 Å². The number of carbonyl (C=O) groups excluding carboxylic acids is 1. The van der Waals surface area contributed by atoms with Crippen LogP contribution in [-0.4, -0.2) is 48.0 Å². The van der Waals surface area contributed by atoms with Crippen molar-refractivity contribution in [3.05, 3.63) is 71.5 Å². The smallest absolute Gasteiger partial charge is 0.239 e. The molecule has 0 aliphatic carbocycles. The van der Waals surface area contributed by atoms with E-state index in [0.717, 1.165) is 11.1 Å². The average Bonchev–Trinajstić information content (AvgIpc) is 2.72. The number of likely N-dealkylation sites (N-methyl/N-ethyl adjacent to an activating group) is 1. The van der Waals surface area contributed by atoms with E-state index in [0.29, 0.717) is 32.8 Å². The number of hydrogen-bond acceptors (Lipinski definition) is 3. The molecule has 1 heterocycles. The van der Waals surface area contributed by atoms with Crippen molar-refractivity contribution in [3.63, 3.8) is 0 Å². The fraction of sp³-hybridized carbons (Fsp3) is 0.409. The molecule has 2 aromatic carbocycles. The zero-order chi connectivity index (χ0) is 19.2. The number of amides is 1. The monoisotopic (exact) mass is 370 g/mol. The van der Waals surface area contributed by atoms with E-state index in [9.17, 15) is 9.18 Å². The van der Waals surface area contributed by atoms with Crippen LogP contribution in [0.25, 0.3) is 0 Å². The Balaban J connectivity index is 1.65. The number of hydrogen-bond donors (Lipinski definition) is 0. The van der Waals surface area contributed by atoms with Crippen LogP contribution in [0.5, 0.6) is 0 Å². The minimum Gasteiger partial charge on any atom is -0.371 e. The molecule has 1 fully saturated rings. The SMILES string of the molecule is CCN(Cc1ccccc1)C(=O)C(C)N1CCOC(c2ccc(F)cc2)C1. The summed E-state index contributed by atoms with van der Waals surface area (Å²) in [6, 6.07) is 16.2. The van der Waals surface area contributed by atoms with Crippen LogP contribution >= 0.6 is 0 Å². The van der Waals surface area contributed by atoms with Crippen molar-refractivity contribution in [1.82, 2.24) is 9.80 Å². The summed E-state index contributed by atoms with van der Waals surface area (Å²) in [6.07, 6.45) is -0.140. The molecule has 0 saturated carbocycles. The highest BCUT2D eigenvalue weighted by atomic mass is 19.1. The average molecular weight is 370 g/mol. The third kappa shape index (κ3) is 4.93. The molecule has 2 aromatic rings. The van der Waals surface area contributed by atoms with Gasteiger partial charge in [0.2, 0.25) is 5.91 Å². The Bertz CT molecular complexity index is 736. The van der Waals surface area contributed by atoms with Crippen LogP contribution in [0.1, 0.15) is 31.1 Å². The molecule has 0 aromatic heterocycles. The first-order valence-corrected chi connectivity index (χ1v) is 9.52. The van der Waals surface area contributed by atoms with Gasteiger partial charge in [-0.15, -0.1) is 0 Å². The second kappa shape index (κ2) is 9.11. The van der Waals surface area contributed by atoms with Crippen molar-refractivity contribution >= 4 is 5.91 Å². The molecule has 0 radical (unpaired) electrons. The topological polar surface area (TPSA) is 32.8 Å². The molecule has 3 rings (SSSR count). The quantitative estimate of drug-likeness (QED) is 0.778. The van der Waals surface area contributed by atoms with Gasteiger partial charge in [0.15, 0.2) is 0 Å². The van der Waals surface area contributed by atoms with E-state index in [1.807, 2.05) is 49.1 Å². The lowest BCUT2D eigenvalue weighted by Crippen LogP contribution is -2.51. The molecule has 2 unspecified atom stereocenters. The molecule has 144 valence electrons. The van der Waals surface area contributed by atoms with E-state index < -0.39 is 0 Å². The predicted octanol–water partition coefficient (Wildman–Crippen LogP) is 3.64. The summed E-state index contributed by atoms with van der Waals surface area (Å²) in [5.74, 6) is -0.129. The van der Waals surface area contributed by atoms with E-state index >= 15 is 0 Å². The Morgan fingerprint density at radius 1 is 1.22 bits per heavy atom. The molecule has 2 atom stereocenters. The van der Waals surface area contributed by atoms with Gasteiger partial charge >= 0.3 is 0 Å². The standard InChI is InChI=1S/C22H27FN2O2/c1-3-24(15-18-7-5-4-6-8-18)22(26)17(2)25-13-14-27-21(16-25)19-9-11-20(23)12-10-19/h4-12,17,21H,3,13-16H2,1-2H3. The van der Waals surface area contributed by atoms with Crippen molar-refractivity contribution in [2.75, 3.05) is 26.2 Å². The molecule has 4 nitrogen and oxygen atoms in total. The van der Waals surface area contributed by atoms with E-state index in [1.54, 1.807) is 12.1 Å². The largest absolute Gasteiger partial charge is 0.371 e. The lowest BCUT2D eigenvalue weighted by atomic mass is 10.1. The summed E-state index contributed by atoms with van der Waals surface area (Å²) in [6.45, 7) is 7.16. The molecular weight excluding hydrogens is 343 g/mol. The number of rotatable bonds is 6. The molecule has 27 heavy (non-hydrogen) atoms. The number of benzene rings is 2. The van der Waals surface area contributed by atoms with Crippen molar-refractivity contribution in [2.24, 2.45) is 0 Å². The van der Waals surface area contributed by atoms with Crippen molar-refractivity contribution in [1.29, 1.82) is 0 Å². The maximum absolute atomic E-state index is 13.2. The zero-order valence-corrected chi connectivity index (χ0v) is 16.0. The molecule has 1 aliphatic heterocycles. The molecule has 1 aliphatic rings. The first-order valence-electron chi connectivity index (χ1n) is 9.52. The van der Waals surface area contributed by atoms with Crippen LogP contribution in [0.4, 0.5) is 4.39 Å². The predicted molar refractivity (Wildman–Crippen MR) is 104 cm³/mol. The van der Waals surface area contributed by atoms with E-state index in [4.69, 9.17) is 4.74 Å². The fourth-order valence-corrected chi connectivity index (χ4v) is 3.47. The lowest BCUT2D eigenvalue weighted by Gasteiger charge is -2.38. The molecule has 1 saturated heterocycles. The van der Waals surface area contributed by atoms with Crippen LogP contribution in [0.2, 0.25) is 0 Å².